The fraction of sp³-hybridized carbons (Fsp3) is 0.464. The first-order chi connectivity index (χ1) is 16.9. The highest BCUT2D eigenvalue weighted by Crippen LogP contribution is 2.58. The van der Waals surface area contributed by atoms with Crippen LogP contribution >= 0.6 is 0 Å². The molecule has 2 unspecified atom stereocenters. The van der Waals surface area contributed by atoms with Crippen molar-refractivity contribution in [3.8, 4) is 11.1 Å². The number of carboxylic acid groups (broad SMARTS) is 1. The van der Waals surface area contributed by atoms with Crippen LogP contribution in [0.15, 0.2) is 48.5 Å². The number of aliphatic carboxylic acids is 1. The van der Waals surface area contributed by atoms with Crippen LogP contribution in [-0.4, -0.2) is 54.2 Å². The van der Waals surface area contributed by atoms with Gasteiger partial charge in [-0.2, -0.15) is 0 Å². The minimum atomic E-state index is -0.763. The number of ether oxygens (including phenoxy) is 1. The quantitative estimate of drug-likeness (QED) is 0.635. The maximum Gasteiger partial charge on any atom is 0.407 e. The average Bonchev–Trinajstić information content (AvgIpc) is 3.26. The minimum absolute atomic E-state index is 0.0455. The Morgan fingerprint density at radius 1 is 1.00 bits per heavy atom. The van der Waals surface area contributed by atoms with Gasteiger partial charge in [0.2, 0.25) is 5.91 Å². The first-order valence-electron chi connectivity index (χ1n) is 12.5. The molecule has 6 rings (SSSR count). The molecule has 4 aliphatic rings. The summed E-state index contributed by atoms with van der Waals surface area (Å²) in [5, 5.41) is 12.3. The molecule has 182 valence electrons. The van der Waals surface area contributed by atoms with Gasteiger partial charge in [0.05, 0.1) is 5.41 Å². The van der Waals surface area contributed by atoms with E-state index in [-0.39, 0.29) is 17.7 Å². The van der Waals surface area contributed by atoms with Gasteiger partial charge in [-0.25, -0.2) is 4.79 Å². The number of nitrogens with zero attached hydrogens (tertiary/aromatic N) is 1. The minimum Gasteiger partial charge on any atom is -0.481 e. The van der Waals surface area contributed by atoms with Gasteiger partial charge in [-0.3, -0.25) is 9.59 Å². The van der Waals surface area contributed by atoms with Crippen LogP contribution in [0.4, 0.5) is 4.79 Å². The lowest BCUT2D eigenvalue weighted by Gasteiger charge is -2.36. The van der Waals surface area contributed by atoms with E-state index in [1.165, 1.54) is 22.3 Å². The topological polar surface area (TPSA) is 95.9 Å². The summed E-state index contributed by atoms with van der Waals surface area (Å²) < 4.78 is 5.60. The number of rotatable bonds is 7. The molecule has 7 heteroatoms. The zero-order chi connectivity index (χ0) is 24.2. The van der Waals surface area contributed by atoms with E-state index in [1.54, 1.807) is 4.90 Å². The monoisotopic (exact) mass is 474 g/mol. The summed E-state index contributed by atoms with van der Waals surface area (Å²) in [5.41, 5.74) is 4.13. The summed E-state index contributed by atoms with van der Waals surface area (Å²) in [4.78, 5) is 38.1. The Bertz CT molecular complexity index is 1140. The molecule has 2 atom stereocenters. The number of piperidine rings is 1. The summed E-state index contributed by atoms with van der Waals surface area (Å²) in [7, 11) is 0. The van der Waals surface area contributed by atoms with Crippen LogP contribution in [0.1, 0.15) is 42.7 Å². The molecule has 1 aliphatic heterocycles. The Kier molecular flexibility index (Phi) is 5.31. The summed E-state index contributed by atoms with van der Waals surface area (Å²) in [6.07, 6.45) is 2.58. The number of carbonyl (C=O) groups is 3. The van der Waals surface area contributed by atoms with Crippen LogP contribution in [0, 0.1) is 23.2 Å². The Balaban J connectivity index is 0.927. The van der Waals surface area contributed by atoms with Crippen LogP contribution in [0.5, 0.6) is 0 Å². The number of hydrogen-bond acceptors (Lipinski definition) is 4. The summed E-state index contributed by atoms with van der Waals surface area (Å²) in [5.74, 6) is 0.162. The van der Waals surface area contributed by atoms with E-state index in [4.69, 9.17) is 4.74 Å². The van der Waals surface area contributed by atoms with E-state index in [0.717, 1.165) is 12.8 Å². The number of fused-ring (bicyclic) bond motifs is 4. The van der Waals surface area contributed by atoms with Crippen molar-refractivity contribution >= 4 is 18.0 Å². The zero-order valence-electron chi connectivity index (χ0n) is 19.6. The van der Waals surface area contributed by atoms with E-state index < -0.39 is 17.5 Å². The third-order valence-electron chi connectivity index (χ3n) is 8.60. The molecule has 0 bridgehead atoms. The number of carboxylic acids is 1. The molecule has 7 nitrogen and oxygen atoms in total. The third kappa shape index (κ3) is 3.87. The lowest BCUT2D eigenvalue weighted by molar-refractivity contribution is -0.144. The molecule has 0 spiro atoms. The Hall–Kier alpha value is -3.35. The second-order valence-corrected chi connectivity index (χ2v) is 10.8. The molecule has 2 aromatic carbocycles. The van der Waals surface area contributed by atoms with Gasteiger partial charge in [0.1, 0.15) is 6.61 Å². The van der Waals surface area contributed by atoms with Crippen LogP contribution in [-0.2, 0) is 14.3 Å². The Morgan fingerprint density at radius 3 is 2.29 bits per heavy atom. The number of amides is 2. The largest absolute Gasteiger partial charge is 0.481 e. The highest BCUT2D eigenvalue weighted by molar-refractivity contribution is 5.84. The molecular formula is C28H30N2O5. The van der Waals surface area contributed by atoms with Gasteiger partial charge in [-0.15, -0.1) is 0 Å². The molecule has 2 N–H and O–H groups in total. The van der Waals surface area contributed by atoms with Crippen LogP contribution in [0.3, 0.4) is 0 Å². The van der Waals surface area contributed by atoms with Gasteiger partial charge in [-0.1, -0.05) is 48.5 Å². The van der Waals surface area contributed by atoms with Gasteiger partial charge in [-0.05, 0) is 59.3 Å². The molecule has 0 radical (unpaired) electrons. The molecule has 1 saturated heterocycles. The van der Waals surface area contributed by atoms with Crippen molar-refractivity contribution in [2.45, 2.75) is 31.6 Å². The molecule has 1 heterocycles. The van der Waals surface area contributed by atoms with Crippen molar-refractivity contribution in [2.75, 3.05) is 26.2 Å². The number of alkyl carbamates (subject to hydrolysis) is 1. The Labute approximate surface area is 204 Å². The SMILES string of the molecule is O=C(NCC1CC(CC(=O)N2CC3CC3(C(=O)O)C2)C1)OCC1c2ccccc2-c2ccccc21. The van der Waals surface area contributed by atoms with Gasteiger partial charge in [0.15, 0.2) is 0 Å². The van der Waals surface area contributed by atoms with Crippen molar-refractivity contribution in [2.24, 2.45) is 23.2 Å². The smallest absolute Gasteiger partial charge is 0.407 e. The summed E-state index contributed by atoms with van der Waals surface area (Å²) >= 11 is 0. The molecule has 2 saturated carbocycles. The molecule has 2 amide bonds. The normalized spacial score (nSPS) is 27.9. The predicted molar refractivity (Wildman–Crippen MR) is 129 cm³/mol. The van der Waals surface area contributed by atoms with Crippen LogP contribution < -0.4 is 5.32 Å². The summed E-state index contributed by atoms with van der Waals surface area (Å²) in [6, 6.07) is 16.5. The van der Waals surface area contributed by atoms with Crippen LogP contribution in [0.2, 0.25) is 0 Å². The molecule has 35 heavy (non-hydrogen) atoms. The molecule has 3 aliphatic carbocycles. The number of likely N-dealkylation sites (tertiary alicyclic amines) is 1. The van der Waals surface area contributed by atoms with Gasteiger partial charge >= 0.3 is 12.1 Å². The van der Waals surface area contributed by atoms with Crippen LogP contribution in [0.25, 0.3) is 11.1 Å². The van der Waals surface area contributed by atoms with Gasteiger partial charge in [0.25, 0.3) is 0 Å². The second-order valence-electron chi connectivity index (χ2n) is 10.8. The van der Waals surface area contributed by atoms with E-state index >= 15 is 0 Å². The lowest BCUT2D eigenvalue weighted by atomic mass is 9.73. The van der Waals surface area contributed by atoms with Crippen molar-refractivity contribution in [1.82, 2.24) is 10.2 Å². The first-order valence-corrected chi connectivity index (χ1v) is 12.5. The fourth-order valence-corrected chi connectivity index (χ4v) is 6.46. The number of nitrogens with one attached hydrogen (secondary N) is 1. The van der Waals surface area contributed by atoms with Crippen molar-refractivity contribution < 1.29 is 24.2 Å². The van der Waals surface area contributed by atoms with Crippen molar-refractivity contribution in [1.29, 1.82) is 0 Å². The molecule has 3 fully saturated rings. The zero-order valence-corrected chi connectivity index (χ0v) is 19.6. The maximum atomic E-state index is 12.6. The van der Waals surface area contributed by atoms with Gasteiger partial charge < -0.3 is 20.1 Å². The lowest BCUT2D eigenvalue weighted by Crippen LogP contribution is -2.40. The number of carbonyl (C=O) groups excluding carboxylic acids is 2. The average molecular weight is 475 g/mol. The van der Waals surface area contributed by atoms with E-state index in [0.29, 0.717) is 50.9 Å². The Morgan fingerprint density at radius 2 is 1.66 bits per heavy atom. The highest BCUT2D eigenvalue weighted by atomic mass is 16.5. The molecule has 2 aromatic rings. The first kappa shape index (κ1) is 22.1. The number of hydrogen-bond donors (Lipinski definition) is 2. The predicted octanol–water partition coefficient (Wildman–Crippen LogP) is 3.87. The number of benzene rings is 2. The second kappa shape index (κ2) is 8.40. The fourth-order valence-electron chi connectivity index (χ4n) is 6.46. The molecule has 0 aromatic heterocycles. The van der Waals surface area contributed by atoms with E-state index in [2.05, 4.69) is 29.6 Å². The van der Waals surface area contributed by atoms with Crippen molar-refractivity contribution in [3.05, 3.63) is 59.7 Å². The van der Waals surface area contributed by atoms with Gasteiger partial charge in [0, 0.05) is 32.0 Å². The van der Waals surface area contributed by atoms with E-state index in [1.807, 2.05) is 24.3 Å². The summed E-state index contributed by atoms with van der Waals surface area (Å²) in [6.45, 7) is 1.81. The maximum absolute atomic E-state index is 12.6. The van der Waals surface area contributed by atoms with Crippen molar-refractivity contribution in [3.63, 3.8) is 0 Å². The molecular weight excluding hydrogens is 444 g/mol. The highest BCUT2D eigenvalue weighted by Gasteiger charge is 2.66. The third-order valence-corrected chi connectivity index (χ3v) is 8.60. The van der Waals surface area contributed by atoms with E-state index in [9.17, 15) is 19.5 Å². The standard InChI is InChI=1S/C28H30N2O5/c31-25(30-14-19-12-28(19,16-30)26(32)33)11-17-9-18(10-17)13-29-27(34)35-15-24-22-7-3-1-5-20(22)21-6-2-4-8-23(21)24/h1-8,17-19,24H,9-16H2,(H,29,34)(H,32,33).